The highest BCUT2D eigenvalue weighted by Gasteiger charge is 2.47. The van der Waals surface area contributed by atoms with Gasteiger partial charge >= 0.3 is 0 Å². The van der Waals surface area contributed by atoms with Crippen LogP contribution in [0, 0.1) is 32.5 Å². The topological polar surface area (TPSA) is 17.1 Å². The molecule has 184 valence electrons. The Morgan fingerprint density at radius 1 is 0.839 bits per heavy atom. The van der Waals surface area contributed by atoms with Crippen LogP contribution in [0.5, 0.6) is 0 Å². The summed E-state index contributed by atoms with van der Waals surface area (Å²) in [6.07, 6.45) is 11.0. The summed E-state index contributed by atoms with van der Waals surface area (Å²) in [7, 11) is 0. The highest BCUT2D eigenvalue weighted by molar-refractivity contribution is 7.99. The smallest absolute Gasteiger partial charge is 0.144 e. The molecule has 31 heavy (non-hydrogen) atoms. The number of Topliss-reactive ketones (excluding diaryl/α,β-unsaturated/α-hetero) is 1. The Labute approximate surface area is 201 Å². The van der Waals surface area contributed by atoms with Crippen molar-refractivity contribution in [2.24, 2.45) is 32.5 Å². The van der Waals surface area contributed by atoms with Crippen LogP contribution in [0.25, 0.3) is 0 Å². The summed E-state index contributed by atoms with van der Waals surface area (Å²) in [6.45, 7) is 31.8. The summed E-state index contributed by atoms with van der Waals surface area (Å²) >= 11 is 1.90. The molecule has 0 heterocycles. The van der Waals surface area contributed by atoms with Crippen LogP contribution in [0.1, 0.15) is 123 Å². The van der Waals surface area contributed by atoms with Crippen molar-refractivity contribution in [1.82, 2.24) is 0 Å². The average Bonchev–Trinajstić information content (AvgIpc) is 2.57. The zero-order chi connectivity index (χ0) is 25.1. The number of carbonyl (C=O) groups excluding carboxylic acids is 1. The second-order valence-electron chi connectivity index (χ2n) is 14.0. The van der Waals surface area contributed by atoms with Crippen molar-refractivity contribution in [3.8, 4) is 0 Å². The molecule has 1 nitrogen and oxygen atoms in total. The molecular formula is C29H56OS. The summed E-state index contributed by atoms with van der Waals surface area (Å²) in [5.41, 5.74) is -0.199. The van der Waals surface area contributed by atoms with E-state index in [1.54, 1.807) is 0 Å². The van der Waals surface area contributed by atoms with Gasteiger partial charge in [-0.1, -0.05) is 116 Å². The van der Waals surface area contributed by atoms with Gasteiger partial charge in [-0.05, 0) is 47.2 Å². The van der Waals surface area contributed by atoms with E-state index in [1.165, 1.54) is 6.42 Å². The standard InChI is InChI=1S/C29H56OS/c1-16-24(3,4)18-17-19-28(11,12)29(13,14)21-27(9,10)23(30)26(7,8)20-25(5,6)22(2)31-15/h17,19,22H,16,18,20-21H2,1-15H3. The van der Waals surface area contributed by atoms with Crippen LogP contribution >= 0.6 is 11.8 Å². The van der Waals surface area contributed by atoms with E-state index in [0.29, 0.717) is 16.4 Å². The predicted octanol–water partition coefficient (Wildman–Crippen LogP) is 9.60. The van der Waals surface area contributed by atoms with Crippen molar-refractivity contribution in [2.75, 3.05) is 6.26 Å². The van der Waals surface area contributed by atoms with E-state index in [0.717, 1.165) is 19.3 Å². The minimum atomic E-state index is -0.362. The maximum atomic E-state index is 13.8. The van der Waals surface area contributed by atoms with Crippen LogP contribution in [-0.2, 0) is 4.79 Å². The molecule has 0 aromatic carbocycles. The summed E-state index contributed by atoms with van der Waals surface area (Å²) in [5.74, 6) is 0.404. The zero-order valence-corrected chi connectivity index (χ0v) is 24.7. The number of allylic oxidation sites excluding steroid dienone is 2. The lowest BCUT2D eigenvalue weighted by Crippen LogP contribution is -2.45. The highest BCUT2D eigenvalue weighted by Crippen LogP contribution is 2.51. The van der Waals surface area contributed by atoms with E-state index in [9.17, 15) is 4.79 Å². The van der Waals surface area contributed by atoms with Crippen molar-refractivity contribution in [2.45, 2.75) is 128 Å². The second kappa shape index (κ2) is 10.4. The molecule has 0 aromatic heterocycles. The molecule has 0 N–H and O–H groups in total. The third-order valence-electron chi connectivity index (χ3n) is 8.37. The molecule has 0 fully saturated rings. The van der Waals surface area contributed by atoms with Crippen LogP contribution in [0.15, 0.2) is 12.2 Å². The van der Waals surface area contributed by atoms with Gasteiger partial charge in [-0.3, -0.25) is 4.79 Å². The first-order valence-corrected chi connectivity index (χ1v) is 13.6. The van der Waals surface area contributed by atoms with E-state index in [2.05, 4.69) is 115 Å². The van der Waals surface area contributed by atoms with E-state index in [4.69, 9.17) is 0 Å². The van der Waals surface area contributed by atoms with E-state index in [1.807, 2.05) is 11.8 Å². The number of rotatable bonds is 13. The van der Waals surface area contributed by atoms with Crippen LogP contribution in [0.3, 0.4) is 0 Å². The van der Waals surface area contributed by atoms with E-state index >= 15 is 0 Å². The fourth-order valence-electron chi connectivity index (χ4n) is 5.05. The molecule has 1 unspecified atom stereocenters. The van der Waals surface area contributed by atoms with Crippen LogP contribution in [0.4, 0.5) is 0 Å². The molecule has 1 atom stereocenters. The maximum absolute atomic E-state index is 13.8. The molecule has 0 rings (SSSR count). The van der Waals surface area contributed by atoms with Gasteiger partial charge in [0.15, 0.2) is 0 Å². The Morgan fingerprint density at radius 3 is 1.71 bits per heavy atom. The third kappa shape index (κ3) is 8.56. The molecule has 2 heteroatoms. The Morgan fingerprint density at radius 2 is 1.29 bits per heavy atom. The zero-order valence-electron chi connectivity index (χ0n) is 23.9. The van der Waals surface area contributed by atoms with Crippen molar-refractivity contribution in [1.29, 1.82) is 0 Å². The summed E-state index contributed by atoms with van der Waals surface area (Å²) < 4.78 is 0. The summed E-state index contributed by atoms with van der Waals surface area (Å²) in [4.78, 5) is 13.8. The van der Waals surface area contributed by atoms with Crippen molar-refractivity contribution >= 4 is 17.5 Å². The van der Waals surface area contributed by atoms with Gasteiger partial charge < -0.3 is 0 Å². The average molecular weight is 453 g/mol. The Bertz CT molecular complexity index is 617. The molecule has 0 bridgehead atoms. The van der Waals surface area contributed by atoms with Gasteiger partial charge in [0.1, 0.15) is 5.78 Å². The molecule has 0 aliphatic carbocycles. The lowest BCUT2D eigenvalue weighted by atomic mass is 9.57. The minimum Gasteiger partial charge on any atom is -0.299 e. The SMILES string of the molecule is CCC(C)(C)CC=CC(C)(C)C(C)(C)CC(C)(C)C(=O)C(C)(C)CC(C)(C)C(C)SC. The third-order valence-corrected chi connectivity index (χ3v) is 9.72. The highest BCUT2D eigenvalue weighted by atomic mass is 32.2. The number of hydrogen-bond acceptors (Lipinski definition) is 2. The Balaban J connectivity index is 5.59. The van der Waals surface area contributed by atoms with Crippen LogP contribution in [-0.4, -0.2) is 17.3 Å². The molecule has 0 aromatic rings. The summed E-state index contributed by atoms with van der Waals surface area (Å²) in [5, 5.41) is 0.524. The van der Waals surface area contributed by atoms with Gasteiger partial charge in [0, 0.05) is 16.1 Å². The molecule has 0 saturated heterocycles. The predicted molar refractivity (Wildman–Crippen MR) is 144 cm³/mol. The quantitative estimate of drug-likeness (QED) is 0.259. The normalized spacial score (nSPS) is 16.1. The number of carbonyl (C=O) groups is 1. The van der Waals surface area contributed by atoms with Gasteiger partial charge in [-0.25, -0.2) is 0 Å². The second-order valence-corrected chi connectivity index (χ2v) is 15.2. The van der Waals surface area contributed by atoms with E-state index < -0.39 is 0 Å². The largest absolute Gasteiger partial charge is 0.299 e. The van der Waals surface area contributed by atoms with E-state index in [-0.39, 0.29) is 27.1 Å². The monoisotopic (exact) mass is 452 g/mol. The lowest BCUT2D eigenvalue weighted by Gasteiger charge is -2.47. The molecule has 0 radical (unpaired) electrons. The first kappa shape index (κ1) is 30.8. The Hall–Kier alpha value is -0.240. The molecule has 0 amide bonds. The van der Waals surface area contributed by atoms with Gasteiger partial charge in [-0.15, -0.1) is 0 Å². The first-order valence-electron chi connectivity index (χ1n) is 12.3. The van der Waals surface area contributed by atoms with Crippen molar-refractivity contribution in [3.05, 3.63) is 12.2 Å². The number of ketones is 1. The van der Waals surface area contributed by atoms with Gasteiger partial charge in [0.2, 0.25) is 0 Å². The van der Waals surface area contributed by atoms with Gasteiger partial charge in [-0.2, -0.15) is 11.8 Å². The lowest BCUT2D eigenvalue weighted by molar-refractivity contribution is -0.140. The first-order chi connectivity index (χ1) is 13.6. The molecule has 0 spiro atoms. The van der Waals surface area contributed by atoms with Gasteiger partial charge in [0.25, 0.3) is 0 Å². The molecule has 0 aliphatic rings. The van der Waals surface area contributed by atoms with Gasteiger partial charge in [0.05, 0.1) is 0 Å². The van der Waals surface area contributed by atoms with Crippen molar-refractivity contribution in [3.63, 3.8) is 0 Å². The van der Waals surface area contributed by atoms with Crippen LogP contribution in [0.2, 0.25) is 0 Å². The molecular weight excluding hydrogens is 396 g/mol. The molecule has 0 saturated carbocycles. The number of thioether (sulfide) groups is 1. The summed E-state index contributed by atoms with van der Waals surface area (Å²) in [6, 6.07) is 0. The fraction of sp³-hybridized carbons (Fsp3) is 0.897. The number of hydrogen-bond donors (Lipinski definition) is 0. The minimum absolute atomic E-state index is 0.0111. The fourth-order valence-corrected chi connectivity index (χ4v) is 5.77. The van der Waals surface area contributed by atoms with Crippen LogP contribution < -0.4 is 0 Å². The maximum Gasteiger partial charge on any atom is 0.144 e. The van der Waals surface area contributed by atoms with Crippen molar-refractivity contribution < 1.29 is 4.79 Å². The molecule has 0 aliphatic heterocycles. The Kier molecular flexibility index (Phi) is 10.3.